The van der Waals surface area contributed by atoms with E-state index in [2.05, 4.69) is 16.4 Å². The molecule has 1 unspecified atom stereocenters. The van der Waals surface area contributed by atoms with Crippen LogP contribution in [0.2, 0.25) is 0 Å². The van der Waals surface area contributed by atoms with Crippen molar-refractivity contribution in [2.24, 2.45) is 0 Å². The number of fused-ring (bicyclic) bond motifs is 1. The number of benzene rings is 1. The Labute approximate surface area is 98.9 Å². The number of nitrogens with one attached hydrogen (secondary N) is 1. The molecule has 17 heavy (non-hydrogen) atoms. The quantitative estimate of drug-likeness (QED) is 0.849. The number of nitriles is 1. The van der Waals surface area contributed by atoms with E-state index in [1.54, 1.807) is 12.4 Å². The van der Waals surface area contributed by atoms with E-state index in [9.17, 15) is 4.79 Å². The summed E-state index contributed by atoms with van der Waals surface area (Å²) in [5.74, 6) is -0.232. The molecule has 0 bridgehead atoms. The highest BCUT2D eigenvalue weighted by Crippen LogP contribution is 2.22. The van der Waals surface area contributed by atoms with Crippen molar-refractivity contribution in [2.75, 3.05) is 0 Å². The minimum absolute atomic E-state index is 0.232. The van der Waals surface area contributed by atoms with Crippen molar-refractivity contribution in [2.45, 2.75) is 13.0 Å². The van der Waals surface area contributed by atoms with Crippen LogP contribution in [0.3, 0.4) is 0 Å². The van der Waals surface area contributed by atoms with Gasteiger partial charge in [-0.15, -0.1) is 0 Å². The van der Waals surface area contributed by atoms with Crippen molar-refractivity contribution >= 4 is 16.7 Å². The molecule has 0 saturated heterocycles. The fourth-order valence-electron chi connectivity index (χ4n) is 1.75. The van der Waals surface area contributed by atoms with Gasteiger partial charge in [-0.2, -0.15) is 5.26 Å². The normalized spacial score (nSPS) is 11.8. The number of nitrogens with zero attached hydrogens (tertiary/aromatic N) is 2. The van der Waals surface area contributed by atoms with E-state index in [1.807, 2.05) is 24.3 Å². The van der Waals surface area contributed by atoms with Gasteiger partial charge in [-0.05, 0) is 5.39 Å². The van der Waals surface area contributed by atoms with Crippen molar-refractivity contribution < 1.29 is 4.79 Å². The van der Waals surface area contributed by atoms with Gasteiger partial charge in [0, 0.05) is 30.3 Å². The highest BCUT2D eigenvalue weighted by atomic mass is 16.1. The standard InChI is InChI=1S/C13H11N3O/c1-9(17)16-13(6-14)12-8-15-7-10-4-2-3-5-11(10)12/h2-5,7-8,13H,1H3,(H,16,17). The van der Waals surface area contributed by atoms with Crippen molar-refractivity contribution in [1.82, 2.24) is 10.3 Å². The predicted molar refractivity (Wildman–Crippen MR) is 63.9 cm³/mol. The number of carbonyl (C=O) groups excluding carboxylic acids is 1. The Balaban J connectivity index is 2.54. The van der Waals surface area contributed by atoms with E-state index < -0.39 is 6.04 Å². The number of hydrogen-bond acceptors (Lipinski definition) is 3. The molecule has 1 aromatic heterocycles. The highest BCUT2D eigenvalue weighted by Gasteiger charge is 2.14. The summed E-state index contributed by atoms with van der Waals surface area (Å²) in [6, 6.07) is 9.06. The number of rotatable bonds is 2. The molecule has 0 aliphatic carbocycles. The van der Waals surface area contributed by atoms with Gasteiger partial charge < -0.3 is 5.32 Å². The van der Waals surface area contributed by atoms with Crippen LogP contribution < -0.4 is 5.32 Å². The predicted octanol–water partition coefficient (Wildman–Crippen LogP) is 1.94. The zero-order chi connectivity index (χ0) is 12.3. The molecular formula is C13H11N3O. The maximum absolute atomic E-state index is 11.0. The van der Waals surface area contributed by atoms with Crippen LogP contribution in [0.15, 0.2) is 36.7 Å². The Morgan fingerprint density at radius 1 is 1.41 bits per heavy atom. The first-order valence-electron chi connectivity index (χ1n) is 5.21. The maximum atomic E-state index is 11.0. The number of hydrogen-bond donors (Lipinski definition) is 1. The van der Waals surface area contributed by atoms with Crippen molar-refractivity contribution in [1.29, 1.82) is 5.26 Å². The lowest BCUT2D eigenvalue weighted by Gasteiger charge is -2.12. The van der Waals surface area contributed by atoms with Crippen LogP contribution in [0.4, 0.5) is 0 Å². The molecule has 4 nitrogen and oxygen atoms in total. The molecule has 1 atom stereocenters. The summed E-state index contributed by atoms with van der Waals surface area (Å²) in [6.45, 7) is 1.39. The second kappa shape index (κ2) is 4.62. The van der Waals surface area contributed by atoms with Crippen LogP contribution in [0.25, 0.3) is 10.8 Å². The average molecular weight is 225 g/mol. The van der Waals surface area contributed by atoms with Crippen LogP contribution in [-0.4, -0.2) is 10.9 Å². The average Bonchev–Trinajstić information content (AvgIpc) is 2.35. The topological polar surface area (TPSA) is 65.8 Å². The number of aromatic nitrogens is 1. The SMILES string of the molecule is CC(=O)NC(C#N)c1cncc2ccccc12. The third-order valence-corrected chi connectivity index (χ3v) is 2.49. The Morgan fingerprint density at radius 3 is 2.88 bits per heavy atom. The highest BCUT2D eigenvalue weighted by molar-refractivity contribution is 5.86. The molecule has 4 heteroatoms. The lowest BCUT2D eigenvalue weighted by Crippen LogP contribution is -2.25. The van der Waals surface area contributed by atoms with E-state index in [4.69, 9.17) is 5.26 Å². The first-order chi connectivity index (χ1) is 8.22. The molecule has 0 radical (unpaired) electrons. The largest absolute Gasteiger partial charge is 0.337 e. The van der Waals surface area contributed by atoms with Gasteiger partial charge >= 0.3 is 0 Å². The van der Waals surface area contributed by atoms with E-state index in [1.165, 1.54) is 6.92 Å². The molecule has 84 valence electrons. The minimum Gasteiger partial charge on any atom is -0.337 e. The fraction of sp³-hybridized carbons (Fsp3) is 0.154. The monoisotopic (exact) mass is 225 g/mol. The van der Waals surface area contributed by atoms with Gasteiger partial charge in [0.15, 0.2) is 0 Å². The summed E-state index contributed by atoms with van der Waals surface area (Å²) in [7, 11) is 0. The zero-order valence-corrected chi connectivity index (χ0v) is 9.34. The van der Waals surface area contributed by atoms with Gasteiger partial charge in [-0.1, -0.05) is 24.3 Å². The second-order valence-corrected chi connectivity index (χ2v) is 3.71. The molecule has 1 amide bonds. The Kier molecular flexibility index (Phi) is 3.01. The zero-order valence-electron chi connectivity index (χ0n) is 9.34. The van der Waals surface area contributed by atoms with E-state index in [0.717, 1.165) is 16.3 Å². The summed E-state index contributed by atoms with van der Waals surface area (Å²) in [5.41, 5.74) is 0.723. The molecule has 0 aliphatic heterocycles. The van der Waals surface area contributed by atoms with E-state index >= 15 is 0 Å². The van der Waals surface area contributed by atoms with E-state index in [-0.39, 0.29) is 5.91 Å². The van der Waals surface area contributed by atoms with Gasteiger partial charge in [0.05, 0.1) is 6.07 Å². The van der Waals surface area contributed by atoms with Gasteiger partial charge in [0.1, 0.15) is 6.04 Å². The molecule has 1 aromatic carbocycles. The first kappa shape index (κ1) is 11.1. The van der Waals surface area contributed by atoms with Crippen molar-refractivity contribution in [3.05, 3.63) is 42.2 Å². The fourth-order valence-corrected chi connectivity index (χ4v) is 1.75. The van der Waals surface area contributed by atoms with Gasteiger partial charge in [-0.25, -0.2) is 0 Å². The Hall–Kier alpha value is -2.41. The van der Waals surface area contributed by atoms with Gasteiger partial charge in [-0.3, -0.25) is 9.78 Å². The first-order valence-corrected chi connectivity index (χ1v) is 5.21. The van der Waals surface area contributed by atoms with E-state index in [0.29, 0.717) is 0 Å². The molecule has 2 rings (SSSR count). The smallest absolute Gasteiger partial charge is 0.218 e. The van der Waals surface area contributed by atoms with Gasteiger partial charge in [0.2, 0.25) is 5.91 Å². The minimum atomic E-state index is -0.661. The molecule has 2 aromatic rings. The van der Waals surface area contributed by atoms with Crippen molar-refractivity contribution in [3.63, 3.8) is 0 Å². The molecule has 0 saturated carbocycles. The Bertz CT molecular complexity index is 596. The van der Waals surface area contributed by atoms with Gasteiger partial charge in [0.25, 0.3) is 0 Å². The number of carbonyl (C=O) groups is 1. The third kappa shape index (κ3) is 2.23. The summed E-state index contributed by atoms with van der Waals surface area (Å²) < 4.78 is 0. The number of amides is 1. The maximum Gasteiger partial charge on any atom is 0.218 e. The third-order valence-electron chi connectivity index (χ3n) is 2.49. The van der Waals surface area contributed by atoms with Crippen LogP contribution in [-0.2, 0) is 4.79 Å². The van der Waals surface area contributed by atoms with Crippen molar-refractivity contribution in [3.8, 4) is 6.07 Å². The summed E-state index contributed by atoms with van der Waals surface area (Å²) in [6.07, 6.45) is 3.35. The lowest BCUT2D eigenvalue weighted by molar-refractivity contribution is -0.119. The molecule has 1 N–H and O–H groups in total. The molecule has 1 heterocycles. The summed E-state index contributed by atoms with van der Waals surface area (Å²) in [4.78, 5) is 15.1. The van der Waals surface area contributed by atoms with Crippen LogP contribution in [0.5, 0.6) is 0 Å². The number of pyridine rings is 1. The lowest BCUT2D eigenvalue weighted by atomic mass is 10.0. The van der Waals surface area contributed by atoms with Crippen LogP contribution >= 0.6 is 0 Å². The second-order valence-electron chi connectivity index (χ2n) is 3.71. The molecule has 0 fully saturated rings. The molecule has 0 aliphatic rings. The molecule has 0 spiro atoms. The molecular weight excluding hydrogens is 214 g/mol. The van der Waals surface area contributed by atoms with Crippen LogP contribution in [0, 0.1) is 11.3 Å². The summed E-state index contributed by atoms with van der Waals surface area (Å²) in [5, 5.41) is 13.6. The summed E-state index contributed by atoms with van der Waals surface area (Å²) >= 11 is 0. The Morgan fingerprint density at radius 2 is 2.18 bits per heavy atom. The van der Waals surface area contributed by atoms with Crippen LogP contribution in [0.1, 0.15) is 18.5 Å².